The standard InChI is InChI=1S/C42H73N13O16S/c1-6-21(4)33(45)40(68)53-24(10-12-30(44)58)37(65)51-23(9-11-29(43)57)36(64)50-22(8-7-14-47-42(46)71)35(63)52-25(13-15-72-5)38(66)54-26(17-32(60)61)34(62)48-18-31(59)49-28(19-56)39(67)55-27(41(69)70)16-20(2)3/h20-28,33,56H,6-19,45H2,1-5H3,(H2,43,57)(H2,44,58)(H,48,62)(H,49,59)(H,50,64)(H,51,65)(H,52,63)(H,53,68)(H,54,66)(H,55,67)(H,60,61)(H,69,70)(H3,46,47,71)/t21-,22-,23-,24-,25-,26-,27-,28-,33-/m0/s1. The van der Waals surface area contributed by atoms with Crippen molar-refractivity contribution in [3.05, 3.63) is 0 Å². The van der Waals surface area contributed by atoms with E-state index in [1.165, 1.54) is 11.8 Å². The molecule has 0 aliphatic heterocycles. The van der Waals surface area contributed by atoms with Crippen LogP contribution in [0.5, 0.6) is 0 Å². The van der Waals surface area contributed by atoms with Crippen molar-refractivity contribution in [2.24, 2.45) is 34.8 Å². The number of urea groups is 1. The number of aliphatic hydroxyl groups excluding tert-OH is 1. The van der Waals surface area contributed by atoms with Gasteiger partial charge in [0.1, 0.15) is 42.3 Å². The molecule has 0 aliphatic rings. The summed E-state index contributed by atoms with van der Waals surface area (Å²) in [4.78, 5) is 165. The summed E-state index contributed by atoms with van der Waals surface area (Å²) in [6, 6.07) is -13.1. The minimum atomic E-state index is -1.88. The number of rotatable bonds is 37. The SMILES string of the molecule is CC[C@H](C)[C@H](N)C(=O)N[C@@H](CCC(N)=O)C(=O)N[C@@H](CCC(N)=O)C(=O)N[C@@H](CCCNC(N)=O)C(=O)N[C@@H](CCSC)C(=O)N[C@@H](CC(=O)O)C(=O)NCC(=O)N[C@@H](CO)C(=O)N[C@@H](CC(C)C)C(=O)O. The molecule has 0 heterocycles. The second-order valence-electron chi connectivity index (χ2n) is 17.1. The number of aliphatic hydroxyl groups is 1. The van der Waals surface area contributed by atoms with Gasteiger partial charge in [0.15, 0.2) is 0 Å². The highest BCUT2D eigenvalue weighted by molar-refractivity contribution is 7.98. The van der Waals surface area contributed by atoms with Gasteiger partial charge in [-0.2, -0.15) is 11.8 Å². The van der Waals surface area contributed by atoms with E-state index in [0.717, 1.165) is 0 Å². The van der Waals surface area contributed by atoms with Crippen molar-refractivity contribution in [1.29, 1.82) is 0 Å². The molecule has 0 aromatic carbocycles. The molecule has 0 bridgehead atoms. The van der Waals surface area contributed by atoms with Gasteiger partial charge in [-0.25, -0.2) is 9.59 Å². The molecular formula is C42H73N13O16S. The van der Waals surface area contributed by atoms with E-state index in [9.17, 15) is 77.6 Å². The maximum absolute atomic E-state index is 14.0. The maximum atomic E-state index is 14.0. The normalized spacial score (nSPS) is 14.7. The van der Waals surface area contributed by atoms with Gasteiger partial charge in [-0.05, 0) is 62.4 Å². The molecule has 0 spiro atoms. The van der Waals surface area contributed by atoms with Crippen LogP contribution in [0.3, 0.4) is 0 Å². The molecule has 12 amide bonds. The number of nitrogens with two attached hydrogens (primary N) is 4. The smallest absolute Gasteiger partial charge is 0.326 e. The van der Waals surface area contributed by atoms with Crippen LogP contribution >= 0.6 is 11.8 Å². The monoisotopic (exact) mass is 1050 g/mol. The predicted molar refractivity (Wildman–Crippen MR) is 257 cm³/mol. The largest absolute Gasteiger partial charge is 0.481 e. The van der Waals surface area contributed by atoms with Gasteiger partial charge in [0.25, 0.3) is 0 Å². The molecule has 30 heteroatoms. The molecule has 0 fully saturated rings. The minimum absolute atomic E-state index is 0.0263. The number of aliphatic carboxylic acids is 2. The molecule has 0 aromatic heterocycles. The third kappa shape index (κ3) is 27.0. The van der Waals surface area contributed by atoms with Crippen LogP contribution < -0.4 is 70.8 Å². The number of carboxylic acid groups (broad SMARTS) is 2. The summed E-state index contributed by atoms with van der Waals surface area (Å²) in [5, 5.41) is 49.4. The van der Waals surface area contributed by atoms with Gasteiger partial charge in [0.2, 0.25) is 59.1 Å². The van der Waals surface area contributed by atoms with Crippen molar-refractivity contribution >= 4 is 88.8 Å². The second-order valence-corrected chi connectivity index (χ2v) is 18.1. The van der Waals surface area contributed by atoms with E-state index in [1.54, 1.807) is 34.0 Å². The van der Waals surface area contributed by atoms with E-state index < -0.39 is 158 Å². The Kier molecular flexibility index (Phi) is 31.2. The van der Waals surface area contributed by atoms with Crippen LogP contribution in [0.4, 0.5) is 4.79 Å². The number of primary amides is 3. The van der Waals surface area contributed by atoms with Gasteiger partial charge in [0.05, 0.1) is 25.6 Å². The van der Waals surface area contributed by atoms with Gasteiger partial charge in [-0.1, -0.05) is 34.1 Å². The first kappa shape index (κ1) is 65.2. The van der Waals surface area contributed by atoms with E-state index in [2.05, 4.69) is 47.9 Å². The zero-order valence-electron chi connectivity index (χ0n) is 41.0. The van der Waals surface area contributed by atoms with Crippen molar-refractivity contribution in [3.63, 3.8) is 0 Å². The third-order valence-electron chi connectivity index (χ3n) is 10.6. The van der Waals surface area contributed by atoms with Gasteiger partial charge in [-0.15, -0.1) is 0 Å². The number of nitrogens with one attached hydrogen (secondary N) is 9. The molecule has 0 saturated carbocycles. The average molecular weight is 1050 g/mol. The Morgan fingerprint density at radius 2 is 1.00 bits per heavy atom. The molecule has 0 radical (unpaired) electrons. The van der Waals surface area contributed by atoms with Crippen LogP contribution in [0.15, 0.2) is 0 Å². The van der Waals surface area contributed by atoms with Gasteiger partial charge in [0, 0.05) is 19.4 Å². The molecule has 72 heavy (non-hydrogen) atoms. The maximum Gasteiger partial charge on any atom is 0.326 e. The lowest BCUT2D eigenvalue weighted by atomic mass is 9.98. The molecule has 0 aliphatic carbocycles. The molecule has 0 aromatic rings. The zero-order chi connectivity index (χ0) is 55.2. The highest BCUT2D eigenvalue weighted by Gasteiger charge is 2.34. The fraction of sp³-hybridized carbons (Fsp3) is 0.690. The van der Waals surface area contributed by atoms with E-state index >= 15 is 0 Å². The third-order valence-corrected chi connectivity index (χ3v) is 11.3. The summed E-state index contributed by atoms with van der Waals surface area (Å²) in [5.74, 6) is -13.2. The van der Waals surface area contributed by atoms with E-state index in [4.69, 9.17) is 22.9 Å². The first-order valence-corrected chi connectivity index (χ1v) is 24.4. The first-order valence-electron chi connectivity index (χ1n) is 23.0. The molecule has 29 nitrogen and oxygen atoms in total. The Bertz CT molecular complexity index is 1910. The zero-order valence-corrected chi connectivity index (χ0v) is 41.9. The molecular weight excluding hydrogens is 975 g/mol. The molecule has 20 N–H and O–H groups in total. The lowest BCUT2D eigenvalue weighted by molar-refractivity contribution is -0.143. The molecule has 0 rings (SSSR count). The average Bonchev–Trinajstić information content (AvgIpc) is 3.30. The minimum Gasteiger partial charge on any atom is -0.481 e. The van der Waals surface area contributed by atoms with E-state index in [0.29, 0.717) is 6.42 Å². The van der Waals surface area contributed by atoms with Crippen molar-refractivity contribution in [2.75, 3.05) is 31.7 Å². The van der Waals surface area contributed by atoms with Crippen LogP contribution in [-0.2, 0) is 57.5 Å². The molecule has 0 saturated heterocycles. The quantitative estimate of drug-likeness (QED) is 0.0258. The molecule has 408 valence electrons. The second kappa shape index (κ2) is 34.5. The van der Waals surface area contributed by atoms with E-state index in [-0.39, 0.29) is 62.7 Å². The van der Waals surface area contributed by atoms with Crippen LogP contribution in [0.25, 0.3) is 0 Å². The highest BCUT2D eigenvalue weighted by Crippen LogP contribution is 2.11. The summed E-state index contributed by atoms with van der Waals surface area (Å²) >= 11 is 1.22. The summed E-state index contributed by atoms with van der Waals surface area (Å²) in [6.45, 7) is 4.88. The predicted octanol–water partition coefficient (Wildman–Crippen LogP) is -5.80. The summed E-state index contributed by atoms with van der Waals surface area (Å²) < 4.78 is 0. The topological polar surface area (TPSA) is 495 Å². The number of carboxylic acids is 2. The molecule has 9 atom stereocenters. The van der Waals surface area contributed by atoms with Crippen LogP contribution in [0.2, 0.25) is 0 Å². The van der Waals surface area contributed by atoms with Crippen molar-refractivity contribution in [1.82, 2.24) is 47.9 Å². The fourth-order valence-corrected chi connectivity index (χ4v) is 6.82. The number of hydrogen-bond acceptors (Lipinski definition) is 16. The highest BCUT2D eigenvalue weighted by atomic mass is 32.2. The molecule has 0 unspecified atom stereocenters. The van der Waals surface area contributed by atoms with Gasteiger partial charge in [-0.3, -0.25) is 52.7 Å². The number of hydrogen-bond donors (Lipinski definition) is 16. The Morgan fingerprint density at radius 1 is 0.556 bits per heavy atom. The fourth-order valence-electron chi connectivity index (χ4n) is 6.35. The lowest BCUT2D eigenvalue weighted by Crippen LogP contribution is -2.60. The Balaban J connectivity index is 6.54. The van der Waals surface area contributed by atoms with Gasteiger partial charge >= 0.3 is 18.0 Å². The number of carbonyl (C=O) groups is 13. The first-order chi connectivity index (χ1) is 33.7. The Labute approximate surface area is 420 Å². The lowest BCUT2D eigenvalue weighted by Gasteiger charge is -2.27. The van der Waals surface area contributed by atoms with Crippen molar-refractivity contribution in [3.8, 4) is 0 Å². The van der Waals surface area contributed by atoms with Crippen LogP contribution in [0.1, 0.15) is 91.9 Å². The summed E-state index contributed by atoms with van der Waals surface area (Å²) in [5.41, 5.74) is 21.8. The van der Waals surface area contributed by atoms with Crippen LogP contribution in [0, 0.1) is 11.8 Å². The van der Waals surface area contributed by atoms with E-state index in [1.807, 2.05) is 0 Å². The van der Waals surface area contributed by atoms with Crippen LogP contribution in [-0.4, -0.2) is 172 Å². The Hall–Kier alpha value is -6.82. The van der Waals surface area contributed by atoms with Crippen molar-refractivity contribution < 1.29 is 77.6 Å². The summed E-state index contributed by atoms with van der Waals surface area (Å²) in [6.07, 6.45) is -0.927. The number of amides is 12. The summed E-state index contributed by atoms with van der Waals surface area (Å²) in [7, 11) is 0. The van der Waals surface area contributed by atoms with Gasteiger partial charge < -0.3 is 86.1 Å². The Morgan fingerprint density at radius 3 is 1.42 bits per heavy atom. The number of thioether (sulfide) groups is 1. The van der Waals surface area contributed by atoms with Crippen molar-refractivity contribution in [2.45, 2.75) is 140 Å². The number of carbonyl (C=O) groups excluding carboxylic acids is 11.